The van der Waals surface area contributed by atoms with E-state index in [4.69, 9.17) is 19.4 Å². The van der Waals surface area contributed by atoms with Crippen LogP contribution in [-0.4, -0.2) is 50.1 Å². The molecular weight excluding hydrogens is 504 g/mol. The van der Waals surface area contributed by atoms with Crippen LogP contribution in [0.5, 0.6) is 0 Å². The van der Waals surface area contributed by atoms with Crippen LogP contribution in [0.3, 0.4) is 0 Å². The molecule has 242 valence electrons. The average Bonchev–Trinajstić information content (AvgIpc) is 2.91. The molecule has 0 saturated heterocycles. The van der Waals surface area contributed by atoms with E-state index in [2.05, 4.69) is 91.2 Å². The minimum atomic E-state index is -0.223. The zero-order valence-corrected chi connectivity index (χ0v) is 28.3. The maximum absolute atomic E-state index is 6.13. The molecule has 0 aliphatic carbocycles. The van der Waals surface area contributed by atoms with Crippen molar-refractivity contribution in [1.29, 1.82) is 0 Å². The van der Waals surface area contributed by atoms with Crippen LogP contribution in [0.25, 0.3) is 0 Å². The van der Waals surface area contributed by atoms with Crippen molar-refractivity contribution >= 4 is 0 Å². The number of rotatable bonds is 29. The van der Waals surface area contributed by atoms with Crippen molar-refractivity contribution < 1.29 is 19.4 Å². The van der Waals surface area contributed by atoms with E-state index in [1.807, 2.05) is 0 Å². The smallest absolute Gasteiger partial charge is 0.0840 e. The van der Waals surface area contributed by atoms with Gasteiger partial charge in [0.2, 0.25) is 0 Å². The Hall–Kier alpha value is -0.320. The third kappa shape index (κ3) is 21.4. The van der Waals surface area contributed by atoms with Crippen LogP contribution in [0.2, 0.25) is 0 Å². The van der Waals surface area contributed by atoms with Crippen molar-refractivity contribution in [1.82, 2.24) is 21.9 Å². The van der Waals surface area contributed by atoms with Crippen LogP contribution in [0.1, 0.15) is 140 Å². The van der Waals surface area contributed by atoms with Gasteiger partial charge < -0.3 is 9.68 Å². The summed E-state index contributed by atoms with van der Waals surface area (Å²) in [4.78, 5) is 23.8. The molecule has 8 nitrogen and oxygen atoms in total. The minimum Gasteiger partial charge on any atom is -0.302 e. The minimum absolute atomic E-state index is 0.184. The van der Waals surface area contributed by atoms with Gasteiger partial charge in [0.15, 0.2) is 0 Å². The van der Waals surface area contributed by atoms with Crippen molar-refractivity contribution in [2.75, 3.05) is 32.8 Å². The summed E-state index contributed by atoms with van der Waals surface area (Å²) in [7, 11) is 0. The van der Waals surface area contributed by atoms with Crippen molar-refractivity contribution in [2.45, 2.75) is 157 Å². The molecule has 0 heterocycles. The SMILES string of the molecule is CCCC(C)(C)ONCCC(CCCNOC(C)C(C)CC)(CCNOCCCC(C)C)NOCCC(C)CC. The normalized spacial score (nSPS) is 16.3. The summed E-state index contributed by atoms with van der Waals surface area (Å²) >= 11 is 0. The van der Waals surface area contributed by atoms with E-state index in [0.29, 0.717) is 24.4 Å². The summed E-state index contributed by atoms with van der Waals surface area (Å²) in [6, 6.07) is 0. The predicted octanol–water partition coefficient (Wildman–Crippen LogP) is 7.26. The topological polar surface area (TPSA) is 85.0 Å². The van der Waals surface area contributed by atoms with Gasteiger partial charge in [-0.25, -0.2) is 16.4 Å². The Morgan fingerprint density at radius 3 is 2.00 bits per heavy atom. The van der Waals surface area contributed by atoms with Gasteiger partial charge in [-0.05, 0) is 89.9 Å². The Morgan fingerprint density at radius 2 is 1.38 bits per heavy atom. The van der Waals surface area contributed by atoms with Gasteiger partial charge in [-0.2, -0.15) is 5.48 Å². The Labute approximate surface area is 249 Å². The van der Waals surface area contributed by atoms with Crippen molar-refractivity contribution in [3.63, 3.8) is 0 Å². The van der Waals surface area contributed by atoms with Crippen LogP contribution >= 0.6 is 0 Å². The molecule has 0 radical (unpaired) electrons. The van der Waals surface area contributed by atoms with Crippen molar-refractivity contribution in [3.8, 4) is 0 Å². The van der Waals surface area contributed by atoms with Gasteiger partial charge in [0.1, 0.15) is 0 Å². The molecule has 0 fully saturated rings. The highest BCUT2D eigenvalue weighted by molar-refractivity contribution is 4.87. The summed E-state index contributed by atoms with van der Waals surface area (Å²) in [5.41, 5.74) is 12.8. The second kappa shape index (κ2) is 24.2. The lowest BCUT2D eigenvalue weighted by atomic mass is 9.87. The van der Waals surface area contributed by atoms with Crippen LogP contribution < -0.4 is 21.9 Å². The van der Waals surface area contributed by atoms with Crippen molar-refractivity contribution in [3.05, 3.63) is 0 Å². The fourth-order valence-corrected chi connectivity index (χ4v) is 4.52. The first-order chi connectivity index (χ1) is 19.0. The largest absolute Gasteiger partial charge is 0.302 e. The maximum Gasteiger partial charge on any atom is 0.0840 e. The van der Waals surface area contributed by atoms with E-state index in [1.165, 1.54) is 12.8 Å². The molecule has 0 rings (SSSR count). The fraction of sp³-hybridized carbons (Fsp3) is 1.00. The second-order valence-electron chi connectivity index (χ2n) is 13.0. The summed E-state index contributed by atoms with van der Waals surface area (Å²) < 4.78 is 0. The van der Waals surface area contributed by atoms with E-state index in [1.54, 1.807) is 0 Å². The molecule has 8 heteroatoms. The number of nitrogens with one attached hydrogen (secondary N) is 4. The van der Waals surface area contributed by atoms with E-state index >= 15 is 0 Å². The van der Waals surface area contributed by atoms with E-state index in [9.17, 15) is 0 Å². The third-order valence-electron chi connectivity index (χ3n) is 8.09. The molecule has 4 unspecified atom stereocenters. The van der Waals surface area contributed by atoms with E-state index < -0.39 is 0 Å². The lowest BCUT2D eigenvalue weighted by Crippen LogP contribution is -2.50. The molecule has 0 bridgehead atoms. The lowest BCUT2D eigenvalue weighted by Gasteiger charge is -2.36. The van der Waals surface area contributed by atoms with Crippen LogP contribution in [-0.2, 0) is 19.4 Å². The first kappa shape index (κ1) is 39.7. The van der Waals surface area contributed by atoms with Gasteiger partial charge in [0.05, 0.1) is 24.9 Å². The van der Waals surface area contributed by atoms with Gasteiger partial charge in [0, 0.05) is 25.2 Å². The molecule has 0 amide bonds. The Balaban J connectivity index is 5.16. The zero-order valence-electron chi connectivity index (χ0n) is 28.3. The third-order valence-corrected chi connectivity index (χ3v) is 8.09. The summed E-state index contributed by atoms with van der Waals surface area (Å²) in [6.45, 7) is 25.8. The molecular formula is C32H70N4O4. The fourth-order valence-electron chi connectivity index (χ4n) is 4.52. The highest BCUT2D eigenvalue weighted by Gasteiger charge is 2.30. The van der Waals surface area contributed by atoms with Gasteiger partial charge in [0.25, 0.3) is 0 Å². The lowest BCUT2D eigenvalue weighted by molar-refractivity contribution is -0.0968. The zero-order chi connectivity index (χ0) is 30.3. The standard InChI is InChI=1S/C32H70N4O4/c1-11-18-31(9,10)40-35-24-21-32(36-38-26-17-28(6)12-2,20-23-33-37-25-14-16-27(4)5)19-15-22-34-39-30(8)29(7)13-3/h27-30,33-36H,11-26H2,1-10H3. The summed E-state index contributed by atoms with van der Waals surface area (Å²) in [5.74, 6) is 1.89. The monoisotopic (exact) mass is 575 g/mol. The summed E-state index contributed by atoms with van der Waals surface area (Å²) in [6.07, 6.45) is 11.5. The van der Waals surface area contributed by atoms with Crippen LogP contribution in [0.4, 0.5) is 0 Å². The molecule has 0 saturated carbocycles. The van der Waals surface area contributed by atoms with Gasteiger partial charge in [-0.1, -0.05) is 67.7 Å². The number of hydrogen-bond donors (Lipinski definition) is 4. The summed E-state index contributed by atoms with van der Waals surface area (Å²) in [5, 5.41) is 0. The molecule has 0 aromatic rings. The predicted molar refractivity (Wildman–Crippen MR) is 168 cm³/mol. The molecule has 40 heavy (non-hydrogen) atoms. The quantitative estimate of drug-likeness (QED) is 0.0549. The highest BCUT2D eigenvalue weighted by atomic mass is 16.7. The molecule has 0 aliphatic rings. The Morgan fingerprint density at radius 1 is 0.675 bits per heavy atom. The average molecular weight is 575 g/mol. The maximum atomic E-state index is 6.13. The first-order valence-electron chi connectivity index (χ1n) is 16.5. The van der Waals surface area contributed by atoms with Gasteiger partial charge >= 0.3 is 0 Å². The van der Waals surface area contributed by atoms with Gasteiger partial charge in [-0.15, -0.1) is 0 Å². The molecule has 0 aromatic heterocycles. The number of hydroxylamine groups is 4. The van der Waals surface area contributed by atoms with Crippen molar-refractivity contribution in [2.24, 2.45) is 17.8 Å². The van der Waals surface area contributed by atoms with E-state index in [-0.39, 0.29) is 17.2 Å². The Bertz CT molecular complexity index is 567. The van der Waals surface area contributed by atoms with Crippen LogP contribution in [0, 0.1) is 17.8 Å². The number of hydrogen-bond acceptors (Lipinski definition) is 8. The molecule has 4 N–H and O–H groups in total. The van der Waals surface area contributed by atoms with Gasteiger partial charge in [-0.3, -0.25) is 9.68 Å². The highest BCUT2D eigenvalue weighted by Crippen LogP contribution is 2.23. The molecule has 4 atom stereocenters. The van der Waals surface area contributed by atoms with Crippen LogP contribution in [0.15, 0.2) is 0 Å². The molecule has 0 aliphatic heterocycles. The van der Waals surface area contributed by atoms with E-state index in [0.717, 1.165) is 84.0 Å². The molecule has 0 spiro atoms. The molecule has 0 aromatic carbocycles. The second-order valence-corrected chi connectivity index (χ2v) is 13.0. The first-order valence-corrected chi connectivity index (χ1v) is 16.5. The Kier molecular flexibility index (Phi) is 24.0.